The summed E-state index contributed by atoms with van der Waals surface area (Å²) in [4.78, 5) is 25.7. The molecule has 2 saturated heterocycles. The number of carbonyl (C=O) groups is 1. The van der Waals surface area contributed by atoms with Crippen molar-refractivity contribution in [1.29, 1.82) is 0 Å². The van der Waals surface area contributed by atoms with Gasteiger partial charge in [-0.05, 0) is 77.2 Å². The molecule has 6 heteroatoms. The summed E-state index contributed by atoms with van der Waals surface area (Å²) in [5, 5.41) is 0. The standard InChI is InChI=1S/C21H29FN4O/c1-14(2)25-11-8-15(9-12-25)21(27)26-10-4-3-5-19(26)20-23-17-7-6-16(22)13-18(17)24-20/h6-7,13-15,19H,3-5,8-12H2,1-2H3,(H,23,24)/t19-/m1/s1. The molecule has 2 aliphatic heterocycles. The molecular weight excluding hydrogens is 343 g/mol. The summed E-state index contributed by atoms with van der Waals surface area (Å²) >= 11 is 0. The fourth-order valence-corrected chi connectivity index (χ4v) is 4.54. The van der Waals surface area contributed by atoms with Crippen LogP contribution in [0.5, 0.6) is 0 Å². The number of piperidine rings is 2. The minimum Gasteiger partial charge on any atom is -0.340 e. The van der Waals surface area contributed by atoms with Crippen LogP contribution in [0.3, 0.4) is 0 Å². The molecule has 1 atom stereocenters. The highest BCUT2D eigenvalue weighted by molar-refractivity contribution is 5.80. The van der Waals surface area contributed by atoms with Gasteiger partial charge in [0.15, 0.2) is 0 Å². The first-order valence-electron chi connectivity index (χ1n) is 10.2. The Kier molecular flexibility index (Phi) is 5.17. The molecule has 146 valence electrons. The van der Waals surface area contributed by atoms with Crippen molar-refractivity contribution in [3.8, 4) is 0 Å². The molecule has 0 radical (unpaired) electrons. The molecule has 4 rings (SSSR count). The van der Waals surface area contributed by atoms with Crippen LogP contribution < -0.4 is 0 Å². The third-order valence-electron chi connectivity index (χ3n) is 6.17. The van der Waals surface area contributed by atoms with Gasteiger partial charge in [0.05, 0.1) is 17.1 Å². The van der Waals surface area contributed by atoms with Gasteiger partial charge in [-0.3, -0.25) is 4.79 Å². The largest absolute Gasteiger partial charge is 0.340 e. The number of hydrogen-bond acceptors (Lipinski definition) is 3. The zero-order chi connectivity index (χ0) is 19.0. The van der Waals surface area contributed by atoms with Crippen molar-refractivity contribution in [1.82, 2.24) is 19.8 Å². The number of carbonyl (C=O) groups excluding carboxylic acids is 1. The first-order valence-corrected chi connectivity index (χ1v) is 10.2. The van der Waals surface area contributed by atoms with Crippen molar-refractivity contribution in [3.05, 3.63) is 29.8 Å². The maximum atomic E-state index is 13.5. The molecule has 3 heterocycles. The number of nitrogens with one attached hydrogen (secondary N) is 1. The predicted molar refractivity (Wildman–Crippen MR) is 104 cm³/mol. The highest BCUT2D eigenvalue weighted by Crippen LogP contribution is 2.33. The summed E-state index contributed by atoms with van der Waals surface area (Å²) in [6.07, 6.45) is 4.92. The number of benzene rings is 1. The van der Waals surface area contributed by atoms with E-state index >= 15 is 0 Å². The molecule has 5 nitrogen and oxygen atoms in total. The van der Waals surface area contributed by atoms with Gasteiger partial charge in [-0.15, -0.1) is 0 Å². The fourth-order valence-electron chi connectivity index (χ4n) is 4.54. The molecule has 0 unspecified atom stereocenters. The number of rotatable bonds is 3. The zero-order valence-electron chi connectivity index (χ0n) is 16.2. The molecule has 1 amide bonds. The van der Waals surface area contributed by atoms with Gasteiger partial charge in [-0.25, -0.2) is 9.37 Å². The van der Waals surface area contributed by atoms with Crippen LogP contribution in [0, 0.1) is 11.7 Å². The summed E-state index contributed by atoms with van der Waals surface area (Å²) in [6.45, 7) is 7.22. The van der Waals surface area contributed by atoms with Crippen molar-refractivity contribution in [2.75, 3.05) is 19.6 Å². The van der Waals surface area contributed by atoms with E-state index in [9.17, 15) is 9.18 Å². The number of nitrogens with zero attached hydrogens (tertiary/aromatic N) is 3. The average molecular weight is 372 g/mol. The molecule has 1 aromatic carbocycles. The van der Waals surface area contributed by atoms with E-state index < -0.39 is 0 Å². The van der Waals surface area contributed by atoms with E-state index in [1.165, 1.54) is 12.1 Å². The van der Waals surface area contributed by atoms with Crippen LogP contribution in [-0.4, -0.2) is 51.4 Å². The molecule has 2 aromatic rings. The minimum absolute atomic E-state index is 0.0233. The van der Waals surface area contributed by atoms with Gasteiger partial charge in [0.25, 0.3) is 0 Å². The topological polar surface area (TPSA) is 52.2 Å². The van der Waals surface area contributed by atoms with E-state index in [0.29, 0.717) is 11.6 Å². The van der Waals surface area contributed by atoms with Crippen LogP contribution in [0.1, 0.15) is 57.8 Å². The van der Waals surface area contributed by atoms with Gasteiger partial charge >= 0.3 is 0 Å². The third-order valence-corrected chi connectivity index (χ3v) is 6.17. The molecule has 0 saturated carbocycles. The molecule has 1 aromatic heterocycles. The average Bonchev–Trinajstić information content (AvgIpc) is 3.10. The van der Waals surface area contributed by atoms with Crippen molar-refractivity contribution in [3.63, 3.8) is 0 Å². The zero-order valence-corrected chi connectivity index (χ0v) is 16.2. The normalized spacial score (nSPS) is 22.7. The van der Waals surface area contributed by atoms with Gasteiger partial charge in [0.2, 0.25) is 5.91 Å². The molecule has 0 bridgehead atoms. The molecule has 27 heavy (non-hydrogen) atoms. The number of aromatic amines is 1. The van der Waals surface area contributed by atoms with E-state index in [4.69, 9.17) is 0 Å². The van der Waals surface area contributed by atoms with Crippen LogP contribution in [0.15, 0.2) is 18.2 Å². The Hall–Kier alpha value is -1.95. The van der Waals surface area contributed by atoms with Gasteiger partial charge in [0, 0.05) is 18.5 Å². The maximum absolute atomic E-state index is 13.5. The molecule has 2 fully saturated rings. The smallest absolute Gasteiger partial charge is 0.226 e. The lowest BCUT2D eigenvalue weighted by Gasteiger charge is -2.40. The molecular formula is C21H29FN4O. The monoisotopic (exact) mass is 372 g/mol. The lowest BCUT2D eigenvalue weighted by molar-refractivity contribution is -0.141. The van der Waals surface area contributed by atoms with Crippen LogP contribution >= 0.6 is 0 Å². The van der Waals surface area contributed by atoms with Gasteiger partial charge in [-0.1, -0.05) is 0 Å². The SMILES string of the molecule is CC(C)N1CCC(C(=O)N2CCCC[C@@H]2c2nc3ccc(F)cc3[nH]2)CC1. The minimum atomic E-state index is -0.272. The van der Waals surface area contributed by atoms with Crippen LogP contribution in [-0.2, 0) is 4.79 Å². The van der Waals surface area contributed by atoms with E-state index in [1.54, 1.807) is 6.07 Å². The second-order valence-corrected chi connectivity index (χ2v) is 8.23. The Labute approximate surface area is 159 Å². The number of aromatic nitrogens is 2. The van der Waals surface area contributed by atoms with E-state index in [-0.39, 0.29) is 23.7 Å². The first-order chi connectivity index (χ1) is 13.0. The second-order valence-electron chi connectivity index (χ2n) is 8.23. The summed E-state index contributed by atoms with van der Waals surface area (Å²) in [5.74, 6) is 0.909. The maximum Gasteiger partial charge on any atom is 0.226 e. The summed E-state index contributed by atoms with van der Waals surface area (Å²) < 4.78 is 13.5. The second kappa shape index (κ2) is 7.58. The van der Waals surface area contributed by atoms with Gasteiger partial charge in [0.1, 0.15) is 11.6 Å². The lowest BCUT2D eigenvalue weighted by atomic mass is 9.92. The number of imidazole rings is 1. The number of amides is 1. The van der Waals surface area contributed by atoms with Crippen LogP contribution in [0.4, 0.5) is 4.39 Å². The molecule has 2 aliphatic rings. The van der Waals surface area contributed by atoms with Gasteiger partial charge < -0.3 is 14.8 Å². The molecule has 1 N–H and O–H groups in total. The van der Waals surface area contributed by atoms with Crippen molar-refractivity contribution < 1.29 is 9.18 Å². The molecule has 0 spiro atoms. The van der Waals surface area contributed by atoms with E-state index in [2.05, 4.69) is 28.7 Å². The number of fused-ring (bicyclic) bond motifs is 1. The van der Waals surface area contributed by atoms with Crippen molar-refractivity contribution in [2.45, 2.75) is 58.0 Å². The number of H-pyrrole nitrogens is 1. The summed E-state index contributed by atoms with van der Waals surface area (Å²) in [6, 6.07) is 5.12. The Morgan fingerprint density at radius 1 is 1.19 bits per heavy atom. The summed E-state index contributed by atoms with van der Waals surface area (Å²) in [7, 11) is 0. The highest BCUT2D eigenvalue weighted by atomic mass is 19.1. The lowest BCUT2D eigenvalue weighted by Crippen LogP contribution is -2.47. The quantitative estimate of drug-likeness (QED) is 0.890. The fraction of sp³-hybridized carbons (Fsp3) is 0.619. The first kappa shape index (κ1) is 18.4. The number of halogens is 1. The molecule has 0 aliphatic carbocycles. The van der Waals surface area contributed by atoms with Crippen LogP contribution in [0.25, 0.3) is 11.0 Å². The Bertz CT molecular complexity index is 810. The van der Waals surface area contributed by atoms with Crippen LogP contribution in [0.2, 0.25) is 0 Å². The van der Waals surface area contributed by atoms with Gasteiger partial charge in [-0.2, -0.15) is 0 Å². The van der Waals surface area contributed by atoms with Crippen molar-refractivity contribution in [2.24, 2.45) is 5.92 Å². The van der Waals surface area contributed by atoms with E-state index in [1.807, 2.05) is 4.90 Å². The summed E-state index contributed by atoms with van der Waals surface area (Å²) in [5.41, 5.74) is 1.46. The third kappa shape index (κ3) is 3.72. The Balaban J connectivity index is 1.52. The van der Waals surface area contributed by atoms with Crippen molar-refractivity contribution >= 4 is 16.9 Å². The predicted octanol–water partition coefficient (Wildman–Crippen LogP) is 3.88. The Morgan fingerprint density at radius 3 is 2.70 bits per heavy atom. The highest BCUT2D eigenvalue weighted by Gasteiger charge is 2.35. The van der Waals surface area contributed by atoms with E-state index in [0.717, 1.165) is 63.1 Å². The number of likely N-dealkylation sites (tertiary alicyclic amines) is 2. The number of hydrogen-bond donors (Lipinski definition) is 1. The Morgan fingerprint density at radius 2 is 1.96 bits per heavy atom.